The lowest BCUT2D eigenvalue weighted by Crippen LogP contribution is -2.54. The number of hydrogen-bond acceptors (Lipinski definition) is 4. The predicted octanol–water partition coefficient (Wildman–Crippen LogP) is 5.54. The zero-order valence-corrected chi connectivity index (χ0v) is 20.8. The van der Waals surface area contributed by atoms with Crippen LogP contribution in [0, 0.1) is 0 Å². The number of anilines is 1. The molecular formula is C28H22BrN3O4. The summed E-state index contributed by atoms with van der Waals surface area (Å²) in [5.41, 5.74) is 1.97. The van der Waals surface area contributed by atoms with Gasteiger partial charge < -0.3 is 9.30 Å². The standard InChI is InChI=1S/C28H22BrN3O4/c29-20-11-13-21(14-12-20)32-27(34)24(26(33)30-28(32)35)17-19-18-31(25-10-5-4-9-23(19)25)15-6-16-36-22-7-2-1-3-8-22/h1-5,7-14,17-18H,6,15-16H2,(H,30,33,35)/b24-17-. The van der Waals surface area contributed by atoms with Gasteiger partial charge in [-0.05, 0) is 55.0 Å². The van der Waals surface area contributed by atoms with Crippen LogP contribution in [-0.2, 0) is 16.1 Å². The zero-order chi connectivity index (χ0) is 25.1. The van der Waals surface area contributed by atoms with E-state index in [9.17, 15) is 14.4 Å². The third-order valence-corrected chi connectivity index (χ3v) is 6.39. The number of rotatable bonds is 7. The third-order valence-electron chi connectivity index (χ3n) is 5.86. The van der Waals surface area contributed by atoms with Crippen LogP contribution in [0.3, 0.4) is 0 Å². The summed E-state index contributed by atoms with van der Waals surface area (Å²) < 4.78 is 8.70. The Labute approximate surface area is 216 Å². The van der Waals surface area contributed by atoms with Crippen LogP contribution < -0.4 is 15.0 Å². The van der Waals surface area contributed by atoms with Crippen LogP contribution in [0.4, 0.5) is 10.5 Å². The van der Waals surface area contributed by atoms with Gasteiger partial charge in [0.05, 0.1) is 12.3 Å². The first-order valence-corrected chi connectivity index (χ1v) is 12.2. The number of imide groups is 2. The molecule has 0 saturated carbocycles. The van der Waals surface area contributed by atoms with Crippen molar-refractivity contribution in [1.29, 1.82) is 0 Å². The van der Waals surface area contributed by atoms with Crippen molar-refractivity contribution in [3.05, 3.63) is 101 Å². The van der Waals surface area contributed by atoms with Crippen LogP contribution >= 0.6 is 15.9 Å². The second-order valence-electron chi connectivity index (χ2n) is 8.24. The van der Waals surface area contributed by atoms with Crippen molar-refractivity contribution >= 4 is 56.4 Å². The number of urea groups is 1. The van der Waals surface area contributed by atoms with E-state index in [0.29, 0.717) is 18.8 Å². The molecule has 1 aliphatic rings. The van der Waals surface area contributed by atoms with Gasteiger partial charge in [0.1, 0.15) is 11.3 Å². The van der Waals surface area contributed by atoms with E-state index in [0.717, 1.165) is 38.0 Å². The molecule has 3 aromatic carbocycles. The second kappa shape index (κ2) is 10.2. The largest absolute Gasteiger partial charge is 0.494 e. The third kappa shape index (κ3) is 4.81. The first-order valence-electron chi connectivity index (χ1n) is 11.4. The van der Waals surface area contributed by atoms with E-state index in [-0.39, 0.29) is 5.57 Å². The first-order chi connectivity index (χ1) is 17.5. The maximum Gasteiger partial charge on any atom is 0.335 e. The predicted molar refractivity (Wildman–Crippen MR) is 142 cm³/mol. The molecule has 1 fully saturated rings. The number of benzene rings is 3. The summed E-state index contributed by atoms with van der Waals surface area (Å²) in [6, 6.07) is 23.4. The van der Waals surface area contributed by atoms with Crippen LogP contribution in [0.15, 0.2) is 95.1 Å². The fraction of sp³-hybridized carbons (Fsp3) is 0.107. The molecule has 1 N–H and O–H groups in total. The Kier molecular flexibility index (Phi) is 6.69. The Morgan fingerprint density at radius 2 is 1.61 bits per heavy atom. The van der Waals surface area contributed by atoms with Crippen LogP contribution in [0.2, 0.25) is 0 Å². The molecule has 0 radical (unpaired) electrons. The number of nitrogens with one attached hydrogen (secondary N) is 1. The van der Waals surface area contributed by atoms with Gasteiger partial charge in [-0.15, -0.1) is 0 Å². The van der Waals surface area contributed by atoms with Crippen LogP contribution in [0.5, 0.6) is 5.75 Å². The highest BCUT2D eigenvalue weighted by Gasteiger charge is 2.37. The second-order valence-corrected chi connectivity index (χ2v) is 9.16. The molecule has 7 nitrogen and oxygen atoms in total. The number of barbiturate groups is 1. The molecule has 4 aromatic rings. The summed E-state index contributed by atoms with van der Waals surface area (Å²) in [4.78, 5) is 39.4. The molecule has 1 saturated heterocycles. The van der Waals surface area contributed by atoms with E-state index in [1.54, 1.807) is 30.3 Å². The first kappa shape index (κ1) is 23.6. The van der Waals surface area contributed by atoms with Crippen LogP contribution in [0.1, 0.15) is 12.0 Å². The van der Waals surface area contributed by atoms with E-state index in [1.165, 1.54) is 0 Å². The summed E-state index contributed by atoms with van der Waals surface area (Å²) >= 11 is 3.35. The zero-order valence-electron chi connectivity index (χ0n) is 19.2. The number of ether oxygens (including phenoxy) is 1. The Bertz CT molecular complexity index is 1480. The Balaban J connectivity index is 1.41. The molecule has 1 aromatic heterocycles. The maximum absolute atomic E-state index is 13.3. The number of carbonyl (C=O) groups is 3. The molecule has 0 bridgehead atoms. The molecule has 0 atom stereocenters. The van der Waals surface area contributed by atoms with Gasteiger partial charge >= 0.3 is 6.03 Å². The van der Waals surface area contributed by atoms with E-state index in [2.05, 4.69) is 25.8 Å². The highest BCUT2D eigenvalue weighted by Crippen LogP contribution is 2.27. The lowest BCUT2D eigenvalue weighted by Gasteiger charge is -2.26. The van der Waals surface area contributed by atoms with Gasteiger partial charge in [0.2, 0.25) is 0 Å². The highest BCUT2D eigenvalue weighted by atomic mass is 79.9. The Hall–Kier alpha value is -4.17. The van der Waals surface area contributed by atoms with Gasteiger partial charge in [0.25, 0.3) is 11.8 Å². The van der Waals surface area contributed by atoms with E-state index >= 15 is 0 Å². The SMILES string of the molecule is O=C1NC(=O)N(c2ccc(Br)cc2)C(=O)/C1=C\c1cn(CCCOc2ccccc2)c2ccccc12. The van der Waals surface area contributed by atoms with Gasteiger partial charge in [-0.1, -0.05) is 52.3 Å². The molecule has 1 aliphatic heterocycles. The van der Waals surface area contributed by atoms with Gasteiger partial charge in [0.15, 0.2) is 0 Å². The summed E-state index contributed by atoms with van der Waals surface area (Å²) in [6.07, 6.45) is 4.24. The fourth-order valence-corrected chi connectivity index (χ4v) is 4.42. The Morgan fingerprint density at radius 3 is 2.39 bits per heavy atom. The molecule has 180 valence electrons. The smallest absolute Gasteiger partial charge is 0.335 e. The molecule has 2 heterocycles. The minimum absolute atomic E-state index is 0.104. The van der Waals surface area contributed by atoms with Gasteiger partial charge in [-0.3, -0.25) is 14.9 Å². The quantitative estimate of drug-likeness (QED) is 0.188. The van der Waals surface area contributed by atoms with Crippen molar-refractivity contribution in [1.82, 2.24) is 9.88 Å². The van der Waals surface area contributed by atoms with Gasteiger partial charge in [0, 0.05) is 33.7 Å². The number of hydrogen-bond donors (Lipinski definition) is 1. The normalized spacial score (nSPS) is 15.0. The van der Waals surface area contributed by atoms with E-state index in [4.69, 9.17) is 4.74 Å². The van der Waals surface area contributed by atoms with E-state index in [1.807, 2.05) is 60.8 Å². The minimum Gasteiger partial charge on any atom is -0.494 e. The minimum atomic E-state index is -0.773. The van der Waals surface area contributed by atoms with Crippen molar-refractivity contribution in [2.24, 2.45) is 0 Å². The molecule has 8 heteroatoms. The number of carbonyl (C=O) groups excluding carboxylic acids is 3. The topological polar surface area (TPSA) is 80.6 Å². The lowest BCUT2D eigenvalue weighted by molar-refractivity contribution is -0.122. The van der Waals surface area contributed by atoms with Crippen molar-refractivity contribution in [3.63, 3.8) is 0 Å². The average Bonchev–Trinajstić information content (AvgIpc) is 3.23. The molecule has 36 heavy (non-hydrogen) atoms. The monoisotopic (exact) mass is 543 g/mol. The van der Waals surface area contributed by atoms with Crippen LogP contribution in [0.25, 0.3) is 17.0 Å². The average molecular weight is 544 g/mol. The number of aromatic nitrogens is 1. The number of aryl methyl sites for hydroxylation is 1. The van der Waals surface area contributed by atoms with Crippen molar-refractivity contribution < 1.29 is 19.1 Å². The summed E-state index contributed by atoms with van der Waals surface area (Å²) in [5.74, 6) is -0.558. The van der Waals surface area contributed by atoms with Crippen molar-refractivity contribution in [2.45, 2.75) is 13.0 Å². The Morgan fingerprint density at radius 1 is 0.889 bits per heavy atom. The molecule has 0 spiro atoms. The number of para-hydroxylation sites is 2. The van der Waals surface area contributed by atoms with E-state index < -0.39 is 17.8 Å². The number of fused-ring (bicyclic) bond motifs is 1. The molecule has 0 aliphatic carbocycles. The molecule has 0 unspecified atom stereocenters. The van der Waals surface area contributed by atoms with Crippen molar-refractivity contribution in [3.8, 4) is 5.75 Å². The molecule has 4 amide bonds. The lowest BCUT2D eigenvalue weighted by atomic mass is 10.1. The van der Waals surface area contributed by atoms with Gasteiger partial charge in [-0.25, -0.2) is 9.69 Å². The summed E-state index contributed by atoms with van der Waals surface area (Å²) in [5, 5.41) is 3.18. The number of halogens is 1. The molecule has 5 rings (SSSR count). The molecular weight excluding hydrogens is 522 g/mol. The number of amides is 4. The van der Waals surface area contributed by atoms with Crippen molar-refractivity contribution in [2.75, 3.05) is 11.5 Å². The number of nitrogens with zero attached hydrogens (tertiary/aromatic N) is 2. The summed E-state index contributed by atoms with van der Waals surface area (Å²) in [6.45, 7) is 1.25. The van der Waals surface area contributed by atoms with Gasteiger partial charge in [-0.2, -0.15) is 0 Å². The van der Waals surface area contributed by atoms with Crippen LogP contribution in [-0.4, -0.2) is 29.0 Å². The fourth-order valence-electron chi connectivity index (χ4n) is 4.15. The maximum atomic E-state index is 13.3. The highest BCUT2D eigenvalue weighted by molar-refractivity contribution is 9.10. The summed E-state index contributed by atoms with van der Waals surface area (Å²) in [7, 11) is 0.